The second-order valence-corrected chi connectivity index (χ2v) is 9.71. The van der Waals surface area contributed by atoms with Crippen molar-refractivity contribution in [3.05, 3.63) is 71.2 Å². The molecule has 0 spiro atoms. The predicted octanol–water partition coefficient (Wildman–Crippen LogP) is 6.09. The molecule has 0 amide bonds. The lowest BCUT2D eigenvalue weighted by atomic mass is 9.94. The van der Waals surface area contributed by atoms with Crippen molar-refractivity contribution >= 4 is 34.7 Å². The molecule has 0 saturated carbocycles. The molecule has 32 heavy (non-hydrogen) atoms. The number of aryl methyl sites for hydroxylation is 1. The molecule has 2 aromatic carbocycles. The maximum Gasteiger partial charge on any atom is 0.258 e. The Morgan fingerprint density at radius 1 is 1.09 bits per heavy atom. The molecule has 1 aliphatic heterocycles. The molecule has 0 radical (unpaired) electrons. The molecule has 3 aromatic rings. The summed E-state index contributed by atoms with van der Waals surface area (Å²) in [6.07, 6.45) is 2.06. The fourth-order valence-corrected chi connectivity index (χ4v) is 4.58. The monoisotopic (exact) mass is 464 g/mol. The topological polar surface area (TPSA) is 54.2 Å². The van der Waals surface area contributed by atoms with Crippen LogP contribution in [0.25, 0.3) is 17.0 Å². The van der Waals surface area contributed by atoms with Gasteiger partial charge in [-0.05, 0) is 68.1 Å². The van der Waals surface area contributed by atoms with Crippen LogP contribution in [0.3, 0.4) is 0 Å². The summed E-state index contributed by atoms with van der Waals surface area (Å²) in [5, 5.41) is 8.53. The highest BCUT2D eigenvalue weighted by Crippen LogP contribution is 2.37. The van der Waals surface area contributed by atoms with Crippen molar-refractivity contribution in [3.63, 3.8) is 0 Å². The van der Waals surface area contributed by atoms with E-state index < -0.39 is 0 Å². The molecule has 1 N–H and O–H groups in total. The highest BCUT2D eigenvalue weighted by Gasteiger charge is 2.34. The first kappa shape index (κ1) is 22.6. The highest BCUT2D eigenvalue weighted by molar-refractivity contribution is 7.98. The Morgan fingerprint density at radius 3 is 2.41 bits per heavy atom. The van der Waals surface area contributed by atoms with Crippen LogP contribution >= 0.6 is 24.0 Å². The van der Waals surface area contributed by atoms with Crippen LogP contribution in [0.5, 0.6) is 0 Å². The fraction of sp³-hybridized carbons (Fsp3) is 0.320. The maximum atomic E-state index is 5.82. The average Bonchev–Trinajstić information content (AvgIpc) is 3.26. The van der Waals surface area contributed by atoms with Crippen molar-refractivity contribution in [2.24, 2.45) is 5.92 Å². The van der Waals surface area contributed by atoms with Crippen LogP contribution in [-0.4, -0.2) is 33.0 Å². The number of thiocarbonyl (C=S) groups is 1. The quantitative estimate of drug-likeness (QED) is 0.350. The van der Waals surface area contributed by atoms with Crippen LogP contribution in [0.2, 0.25) is 0 Å². The minimum Gasteiger partial charge on any atom is -0.351 e. The molecule has 0 bridgehead atoms. The second-order valence-electron chi connectivity index (χ2n) is 8.45. The van der Waals surface area contributed by atoms with Gasteiger partial charge in [0.05, 0.1) is 11.6 Å². The summed E-state index contributed by atoms with van der Waals surface area (Å²) in [5.74, 6) is 1.55. The molecule has 0 saturated heterocycles. The van der Waals surface area contributed by atoms with Crippen LogP contribution in [0, 0.1) is 12.8 Å². The van der Waals surface area contributed by atoms with Crippen molar-refractivity contribution in [1.29, 1.82) is 0 Å². The van der Waals surface area contributed by atoms with Gasteiger partial charge in [-0.15, -0.1) is 11.8 Å². The van der Waals surface area contributed by atoms with Gasteiger partial charge in [-0.2, -0.15) is 4.98 Å². The maximum absolute atomic E-state index is 5.82. The summed E-state index contributed by atoms with van der Waals surface area (Å²) in [5.41, 5.74) is 5.26. The SMILES string of the molecule is CSc1ccc(-c2noc(C3=C(C)N(CC(C)C)C(=S)NC3c3ccc(C)cc3)n2)cc1. The Kier molecular flexibility index (Phi) is 6.67. The van der Waals surface area contributed by atoms with E-state index in [4.69, 9.17) is 21.7 Å². The summed E-state index contributed by atoms with van der Waals surface area (Å²) in [6, 6.07) is 16.5. The Balaban J connectivity index is 1.78. The van der Waals surface area contributed by atoms with Crippen LogP contribution in [0.15, 0.2) is 63.6 Å². The summed E-state index contributed by atoms with van der Waals surface area (Å²) in [4.78, 5) is 8.12. The standard InChI is InChI=1S/C25H28N4OS2/c1-15(2)14-29-17(4)21(22(26-25(29)31)18-8-6-16(3)7-9-18)24-27-23(28-30-24)19-10-12-20(32-5)13-11-19/h6-13,15,22H,14H2,1-5H3,(H,26,31). The molecule has 1 atom stereocenters. The smallest absolute Gasteiger partial charge is 0.258 e. The van der Waals surface area contributed by atoms with Gasteiger partial charge in [0.1, 0.15) is 0 Å². The van der Waals surface area contributed by atoms with E-state index in [1.165, 1.54) is 10.5 Å². The van der Waals surface area contributed by atoms with Crippen LogP contribution in [-0.2, 0) is 0 Å². The van der Waals surface area contributed by atoms with E-state index in [2.05, 4.69) is 85.7 Å². The summed E-state index contributed by atoms with van der Waals surface area (Å²) in [6.45, 7) is 9.36. The van der Waals surface area contributed by atoms with E-state index in [9.17, 15) is 0 Å². The minimum absolute atomic E-state index is 0.154. The molecule has 2 heterocycles. The molecule has 166 valence electrons. The number of nitrogens with zero attached hydrogens (tertiary/aromatic N) is 3. The largest absolute Gasteiger partial charge is 0.351 e. The van der Waals surface area contributed by atoms with Crippen molar-refractivity contribution < 1.29 is 4.52 Å². The first-order valence-electron chi connectivity index (χ1n) is 10.7. The van der Waals surface area contributed by atoms with Crippen molar-refractivity contribution in [2.75, 3.05) is 12.8 Å². The third-order valence-corrected chi connectivity index (χ3v) is 6.64. The highest BCUT2D eigenvalue weighted by atomic mass is 32.2. The van der Waals surface area contributed by atoms with E-state index in [1.807, 2.05) is 12.1 Å². The number of benzene rings is 2. The molecule has 1 unspecified atom stereocenters. The number of allylic oxidation sites excluding steroid dienone is 1. The first-order chi connectivity index (χ1) is 15.4. The number of hydrogen-bond acceptors (Lipinski definition) is 5. The third-order valence-electron chi connectivity index (χ3n) is 5.56. The minimum atomic E-state index is -0.154. The van der Waals surface area contributed by atoms with Gasteiger partial charge < -0.3 is 14.7 Å². The molecule has 7 heteroatoms. The zero-order valence-corrected chi connectivity index (χ0v) is 20.7. The third kappa shape index (κ3) is 4.59. The van der Waals surface area contributed by atoms with Gasteiger partial charge in [-0.3, -0.25) is 0 Å². The number of thioether (sulfide) groups is 1. The lowest BCUT2D eigenvalue weighted by Gasteiger charge is -2.38. The van der Waals surface area contributed by atoms with Crippen LogP contribution in [0.1, 0.15) is 43.8 Å². The second kappa shape index (κ2) is 9.46. The normalized spacial score (nSPS) is 16.6. The van der Waals surface area contributed by atoms with Gasteiger partial charge in [0, 0.05) is 22.7 Å². The number of hydrogen-bond donors (Lipinski definition) is 1. The van der Waals surface area contributed by atoms with Gasteiger partial charge in [0.15, 0.2) is 5.11 Å². The zero-order valence-electron chi connectivity index (χ0n) is 19.0. The fourth-order valence-electron chi connectivity index (χ4n) is 3.84. The molecule has 0 aliphatic carbocycles. The number of aromatic nitrogens is 2. The van der Waals surface area contributed by atoms with E-state index in [-0.39, 0.29) is 6.04 Å². The van der Waals surface area contributed by atoms with Gasteiger partial charge in [0.2, 0.25) is 5.82 Å². The molecule has 1 aromatic heterocycles. The molecule has 4 rings (SSSR count). The molecule has 1 aliphatic rings. The van der Waals surface area contributed by atoms with E-state index in [0.717, 1.165) is 34.1 Å². The molecular weight excluding hydrogens is 436 g/mol. The predicted molar refractivity (Wildman–Crippen MR) is 135 cm³/mol. The van der Waals surface area contributed by atoms with Crippen molar-refractivity contribution in [3.8, 4) is 11.4 Å². The summed E-state index contributed by atoms with van der Waals surface area (Å²) in [7, 11) is 0. The van der Waals surface area contributed by atoms with Gasteiger partial charge in [-0.1, -0.05) is 48.8 Å². The lowest BCUT2D eigenvalue weighted by molar-refractivity contribution is 0.386. The van der Waals surface area contributed by atoms with E-state index in [1.54, 1.807) is 11.8 Å². The summed E-state index contributed by atoms with van der Waals surface area (Å²) < 4.78 is 5.82. The number of nitrogens with one attached hydrogen (secondary N) is 1. The number of rotatable bonds is 6. The lowest BCUT2D eigenvalue weighted by Crippen LogP contribution is -2.47. The van der Waals surface area contributed by atoms with Crippen LogP contribution < -0.4 is 5.32 Å². The van der Waals surface area contributed by atoms with E-state index in [0.29, 0.717) is 17.6 Å². The first-order valence-corrected chi connectivity index (χ1v) is 12.3. The van der Waals surface area contributed by atoms with E-state index >= 15 is 0 Å². The average molecular weight is 465 g/mol. The Bertz CT molecular complexity index is 1130. The molecule has 5 nitrogen and oxygen atoms in total. The van der Waals surface area contributed by atoms with Gasteiger partial charge in [0.25, 0.3) is 5.89 Å². The Hall–Kier alpha value is -2.64. The van der Waals surface area contributed by atoms with Crippen molar-refractivity contribution in [1.82, 2.24) is 20.4 Å². The van der Waals surface area contributed by atoms with Gasteiger partial charge >= 0.3 is 0 Å². The van der Waals surface area contributed by atoms with Crippen LogP contribution in [0.4, 0.5) is 0 Å². The van der Waals surface area contributed by atoms with Gasteiger partial charge in [-0.25, -0.2) is 0 Å². The Morgan fingerprint density at radius 2 is 1.78 bits per heavy atom. The summed E-state index contributed by atoms with van der Waals surface area (Å²) >= 11 is 7.45. The zero-order chi connectivity index (χ0) is 22.8. The molecular formula is C25H28N4OS2. The van der Waals surface area contributed by atoms with Crippen molar-refractivity contribution in [2.45, 2.75) is 38.6 Å². The Labute approximate surface area is 199 Å². The molecule has 0 fully saturated rings.